The van der Waals surface area contributed by atoms with Crippen molar-refractivity contribution in [3.05, 3.63) is 42.0 Å². The molecule has 2 aromatic rings. The van der Waals surface area contributed by atoms with Crippen LogP contribution >= 0.6 is 0 Å². The summed E-state index contributed by atoms with van der Waals surface area (Å²) in [7, 11) is -7.65. The van der Waals surface area contributed by atoms with Crippen molar-refractivity contribution < 1.29 is 31.2 Å². The van der Waals surface area contributed by atoms with Gasteiger partial charge in [0.05, 0.1) is 21.2 Å². The molecule has 0 fully saturated rings. The zero-order chi connectivity index (χ0) is 22.1. The molecule has 0 aromatic heterocycles. The Balaban J connectivity index is 1.68. The van der Waals surface area contributed by atoms with Crippen LogP contribution in [-0.4, -0.2) is 41.0 Å². The Morgan fingerprint density at radius 1 is 1.17 bits per heavy atom. The molecule has 160 valence electrons. The fraction of sp³-hybridized carbons (Fsp3) is 0.222. The number of benzene rings is 2. The lowest BCUT2D eigenvalue weighted by Gasteiger charge is -2.20. The van der Waals surface area contributed by atoms with Gasteiger partial charge in [0.2, 0.25) is 15.9 Å². The molecule has 3 rings (SSSR count). The highest BCUT2D eigenvalue weighted by Crippen LogP contribution is 2.33. The van der Waals surface area contributed by atoms with Gasteiger partial charge in [-0.2, -0.15) is 0 Å². The first-order chi connectivity index (χ1) is 14.0. The summed E-state index contributed by atoms with van der Waals surface area (Å²) in [5.74, 6) is -1.08. The molecule has 2 amide bonds. The Bertz CT molecular complexity index is 1220. The molecule has 0 aliphatic carbocycles. The second-order valence-electron chi connectivity index (χ2n) is 6.64. The van der Waals surface area contributed by atoms with Crippen molar-refractivity contribution in [3.8, 4) is 5.75 Å². The maximum Gasteiger partial charge on any atom is 0.262 e. The van der Waals surface area contributed by atoms with E-state index < -0.39 is 31.5 Å². The number of carbonyl (C=O) groups is 2. The number of sulfone groups is 1. The number of hydrogen-bond acceptors (Lipinski definition) is 7. The van der Waals surface area contributed by atoms with Gasteiger partial charge in [-0.05, 0) is 42.8 Å². The third-order valence-corrected chi connectivity index (χ3v) is 7.09. The number of anilines is 2. The number of fused-ring (bicyclic) bond motifs is 1. The molecule has 0 atom stereocenters. The highest BCUT2D eigenvalue weighted by atomic mass is 32.2. The van der Waals surface area contributed by atoms with Gasteiger partial charge in [-0.15, -0.1) is 0 Å². The highest BCUT2D eigenvalue weighted by molar-refractivity contribution is 7.91. The minimum Gasteiger partial charge on any atom is -0.482 e. The topological polar surface area (TPSA) is 162 Å². The van der Waals surface area contributed by atoms with E-state index in [1.165, 1.54) is 36.4 Å². The second kappa shape index (κ2) is 8.05. The molecule has 1 aliphatic rings. The van der Waals surface area contributed by atoms with E-state index in [-0.39, 0.29) is 34.5 Å². The number of ether oxygens (including phenoxy) is 1. The quantitative estimate of drug-likeness (QED) is 0.582. The minimum atomic E-state index is -3.85. The SMILES string of the molecule is Cc1cc2c(cc1S(=O)(=O)CCC(=O)Nc1ccc(S(N)(=O)=O)cc1)OCC(=O)N2. The van der Waals surface area contributed by atoms with E-state index in [9.17, 15) is 26.4 Å². The summed E-state index contributed by atoms with van der Waals surface area (Å²) in [5, 5.41) is 10.1. The summed E-state index contributed by atoms with van der Waals surface area (Å²) in [6.07, 6.45) is -0.312. The lowest BCUT2D eigenvalue weighted by molar-refractivity contribution is -0.118. The van der Waals surface area contributed by atoms with Crippen LogP contribution in [0.5, 0.6) is 5.75 Å². The molecule has 12 heteroatoms. The van der Waals surface area contributed by atoms with E-state index in [1.807, 2.05) is 0 Å². The van der Waals surface area contributed by atoms with Crippen LogP contribution in [0.25, 0.3) is 0 Å². The van der Waals surface area contributed by atoms with Gasteiger partial charge in [-0.25, -0.2) is 22.0 Å². The molecule has 4 N–H and O–H groups in total. The van der Waals surface area contributed by atoms with Crippen molar-refractivity contribution in [3.63, 3.8) is 0 Å². The predicted octanol–water partition coefficient (Wildman–Crippen LogP) is 0.776. The first kappa shape index (κ1) is 21.7. The van der Waals surface area contributed by atoms with Gasteiger partial charge < -0.3 is 15.4 Å². The first-order valence-corrected chi connectivity index (χ1v) is 11.9. The molecule has 0 saturated heterocycles. The molecular formula is C18H19N3O7S2. The summed E-state index contributed by atoms with van der Waals surface area (Å²) in [6, 6.07) is 8.01. The number of aryl methyl sites for hydroxylation is 1. The molecule has 0 bridgehead atoms. The van der Waals surface area contributed by atoms with Crippen LogP contribution in [0.2, 0.25) is 0 Å². The molecule has 1 heterocycles. The van der Waals surface area contributed by atoms with E-state index in [2.05, 4.69) is 10.6 Å². The van der Waals surface area contributed by atoms with Gasteiger partial charge in [-0.3, -0.25) is 9.59 Å². The lowest BCUT2D eigenvalue weighted by Crippen LogP contribution is -2.26. The van der Waals surface area contributed by atoms with Crippen molar-refractivity contribution in [1.29, 1.82) is 0 Å². The molecule has 0 unspecified atom stereocenters. The smallest absolute Gasteiger partial charge is 0.262 e. The van der Waals surface area contributed by atoms with E-state index in [4.69, 9.17) is 9.88 Å². The lowest BCUT2D eigenvalue weighted by atomic mass is 10.2. The van der Waals surface area contributed by atoms with E-state index in [0.717, 1.165) is 0 Å². The molecular weight excluding hydrogens is 434 g/mol. The van der Waals surface area contributed by atoms with E-state index in [0.29, 0.717) is 16.9 Å². The number of rotatable bonds is 6. The van der Waals surface area contributed by atoms with Gasteiger partial charge in [0.15, 0.2) is 16.4 Å². The van der Waals surface area contributed by atoms with Crippen molar-refractivity contribution >= 4 is 43.0 Å². The van der Waals surface area contributed by atoms with Crippen molar-refractivity contribution in [2.75, 3.05) is 23.0 Å². The fourth-order valence-corrected chi connectivity index (χ4v) is 4.87. The third kappa shape index (κ3) is 4.96. The van der Waals surface area contributed by atoms with Crippen molar-refractivity contribution in [2.45, 2.75) is 23.1 Å². The van der Waals surface area contributed by atoms with Crippen LogP contribution in [0.15, 0.2) is 46.2 Å². The summed E-state index contributed by atoms with van der Waals surface area (Å²) >= 11 is 0. The summed E-state index contributed by atoms with van der Waals surface area (Å²) in [5.41, 5.74) is 1.11. The average molecular weight is 453 g/mol. The largest absolute Gasteiger partial charge is 0.482 e. The zero-order valence-electron chi connectivity index (χ0n) is 15.8. The van der Waals surface area contributed by atoms with Crippen LogP contribution in [0.3, 0.4) is 0 Å². The Morgan fingerprint density at radius 2 is 1.83 bits per heavy atom. The zero-order valence-corrected chi connectivity index (χ0v) is 17.5. The number of sulfonamides is 1. The number of amides is 2. The summed E-state index contributed by atoms with van der Waals surface area (Å²) < 4.78 is 53.2. The molecule has 0 saturated carbocycles. The number of carbonyl (C=O) groups excluding carboxylic acids is 2. The first-order valence-electron chi connectivity index (χ1n) is 8.68. The van der Waals surface area contributed by atoms with Crippen LogP contribution in [0, 0.1) is 6.92 Å². The molecule has 30 heavy (non-hydrogen) atoms. The Morgan fingerprint density at radius 3 is 2.47 bits per heavy atom. The predicted molar refractivity (Wildman–Crippen MR) is 108 cm³/mol. The minimum absolute atomic E-state index is 0.0164. The normalized spacial score (nSPS) is 13.7. The van der Waals surface area contributed by atoms with Crippen LogP contribution in [-0.2, 0) is 29.4 Å². The molecule has 0 spiro atoms. The number of nitrogens with two attached hydrogens (primary N) is 1. The highest BCUT2D eigenvalue weighted by Gasteiger charge is 2.24. The maximum absolute atomic E-state index is 12.7. The van der Waals surface area contributed by atoms with Crippen molar-refractivity contribution in [1.82, 2.24) is 0 Å². The molecule has 0 radical (unpaired) electrons. The average Bonchev–Trinajstić information content (AvgIpc) is 2.65. The van der Waals surface area contributed by atoms with Crippen molar-refractivity contribution in [2.24, 2.45) is 5.14 Å². The molecule has 10 nitrogen and oxygen atoms in total. The molecule has 1 aliphatic heterocycles. The van der Waals surface area contributed by atoms with Gasteiger partial charge >= 0.3 is 0 Å². The number of primary sulfonamides is 1. The Hall–Kier alpha value is -2.96. The van der Waals surface area contributed by atoms with Gasteiger partial charge in [0, 0.05) is 18.2 Å². The van der Waals surface area contributed by atoms with Gasteiger partial charge in [0.1, 0.15) is 5.75 Å². The van der Waals surface area contributed by atoms with Gasteiger partial charge in [-0.1, -0.05) is 0 Å². The maximum atomic E-state index is 12.7. The Labute approximate surface area is 173 Å². The van der Waals surface area contributed by atoms with Crippen LogP contribution in [0.4, 0.5) is 11.4 Å². The van der Waals surface area contributed by atoms with Gasteiger partial charge in [0.25, 0.3) is 5.91 Å². The summed E-state index contributed by atoms with van der Waals surface area (Å²) in [6.45, 7) is 1.38. The standard InChI is InChI=1S/C18H19N3O7S2/c1-11-8-14-15(28-10-18(23)21-14)9-16(11)29(24,25)7-6-17(22)20-12-2-4-13(5-3-12)30(19,26)27/h2-5,8-9H,6-7,10H2,1H3,(H,20,22)(H,21,23)(H2,19,26,27). The summed E-state index contributed by atoms with van der Waals surface area (Å²) in [4.78, 5) is 23.4. The van der Waals surface area contributed by atoms with Crippen LogP contribution in [0.1, 0.15) is 12.0 Å². The third-order valence-electron chi connectivity index (χ3n) is 4.31. The molecule has 2 aromatic carbocycles. The fourth-order valence-electron chi connectivity index (χ4n) is 2.84. The van der Waals surface area contributed by atoms with E-state index >= 15 is 0 Å². The monoisotopic (exact) mass is 453 g/mol. The number of nitrogens with one attached hydrogen (secondary N) is 2. The Kier molecular flexibility index (Phi) is 5.83. The van der Waals surface area contributed by atoms with E-state index in [1.54, 1.807) is 6.92 Å². The van der Waals surface area contributed by atoms with Crippen LogP contribution < -0.4 is 20.5 Å². The number of hydrogen-bond donors (Lipinski definition) is 3. The second-order valence-corrected chi connectivity index (χ2v) is 10.3.